The average molecular weight is 418 g/mol. The van der Waals surface area contributed by atoms with Crippen LogP contribution in [0.1, 0.15) is 26.5 Å². The first-order chi connectivity index (χ1) is 14.1. The molecule has 0 radical (unpaired) electrons. The molecule has 2 amide bonds. The van der Waals surface area contributed by atoms with Gasteiger partial charge in [0.2, 0.25) is 5.91 Å². The van der Waals surface area contributed by atoms with Crippen LogP contribution in [0, 0.1) is 0 Å². The van der Waals surface area contributed by atoms with E-state index in [1.807, 2.05) is 25.7 Å². The predicted molar refractivity (Wildman–Crippen MR) is 108 cm³/mol. The molecule has 162 valence electrons. The number of carboxylic acid groups (broad SMARTS) is 1. The molecule has 1 fully saturated rings. The van der Waals surface area contributed by atoms with Crippen molar-refractivity contribution in [3.8, 4) is 0 Å². The molecule has 1 aromatic heterocycles. The molecule has 1 aliphatic rings. The molecule has 1 aliphatic heterocycles. The Bertz CT molecular complexity index is 940. The number of rotatable bonds is 5. The molecule has 0 unspecified atom stereocenters. The Kier molecular flexibility index (Phi) is 6.25. The fraction of sp³-hybridized carbons (Fsp3) is 0.500. The van der Waals surface area contributed by atoms with Crippen molar-refractivity contribution in [3.05, 3.63) is 23.9 Å². The Balaban J connectivity index is 1.55. The van der Waals surface area contributed by atoms with E-state index in [-0.39, 0.29) is 25.0 Å². The van der Waals surface area contributed by atoms with Crippen molar-refractivity contribution in [2.75, 3.05) is 38.0 Å². The van der Waals surface area contributed by atoms with Crippen LogP contribution in [0.5, 0.6) is 0 Å². The van der Waals surface area contributed by atoms with Gasteiger partial charge in [-0.3, -0.25) is 14.5 Å². The number of hydrogen-bond donors (Lipinski definition) is 2. The number of aromatic nitrogens is 1. The second-order valence-electron chi connectivity index (χ2n) is 8.17. The van der Waals surface area contributed by atoms with Crippen LogP contribution in [0.25, 0.3) is 11.0 Å². The molecule has 10 heteroatoms. The summed E-state index contributed by atoms with van der Waals surface area (Å²) in [4.78, 5) is 39.2. The summed E-state index contributed by atoms with van der Waals surface area (Å²) in [5, 5.41) is 16.1. The van der Waals surface area contributed by atoms with Gasteiger partial charge in [-0.1, -0.05) is 11.2 Å². The van der Waals surface area contributed by atoms with Crippen LogP contribution in [0.3, 0.4) is 0 Å². The summed E-state index contributed by atoms with van der Waals surface area (Å²) in [6.45, 7) is 7.72. The zero-order valence-corrected chi connectivity index (χ0v) is 17.3. The molecule has 2 N–H and O–H groups in total. The Morgan fingerprint density at radius 3 is 2.53 bits per heavy atom. The summed E-state index contributed by atoms with van der Waals surface area (Å²) in [6, 6.07) is 5.09. The van der Waals surface area contributed by atoms with Crippen LogP contribution in [0.2, 0.25) is 0 Å². The SMILES string of the molecule is CC(C)(C)OC(=O)N1CCN(CC(=O)Nc2cccc3c(CC(=O)O)noc23)CC1. The third-order valence-corrected chi connectivity index (χ3v) is 4.56. The number of aliphatic carboxylic acids is 1. The summed E-state index contributed by atoms with van der Waals surface area (Å²) >= 11 is 0. The molecule has 10 nitrogen and oxygen atoms in total. The topological polar surface area (TPSA) is 125 Å². The second-order valence-corrected chi connectivity index (χ2v) is 8.17. The standard InChI is InChI=1S/C20H26N4O6/c1-20(2,3)29-19(28)24-9-7-23(8-10-24)12-16(25)21-14-6-4-5-13-15(11-17(26)27)22-30-18(13)14/h4-6H,7-12H2,1-3H3,(H,21,25)(H,26,27). The van der Waals surface area contributed by atoms with Crippen LogP contribution >= 0.6 is 0 Å². The van der Waals surface area contributed by atoms with Crippen LogP contribution in [0.4, 0.5) is 10.5 Å². The first kappa shape index (κ1) is 21.6. The number of piperazine rings is 1. The maximum absolute atomic E-state index is 12.5. The first-order valence-corrected chi connectivity index (χ1v) is 9.71. The van der Waals surface area contributed by atoms with Gasteiger partial charge in [0.05, 0.1) is 18.7 Å². The summed E-state index contributed by atoms with van der Waals surface area (Å²) in [5.74, 6) is -1.24. The van der Waals surface area contributed by atoms with Crippen LogP contribution in [-0.2, 0) is 20.7 Å². The van der Waals surface area contributed by atoms with Crippen molar-refractivity contribution < 1.29 is 28.8 Å². The van der Waals surface area contributed by atoms with Crippen LogP contribution < -0.4 is 5.32 Å². The number of hydrogen-bond acceptors (Lipinski definition) is 7. The zero-order valence-electron chi connectivity index (χ0n) is 17.3. The van der Waals surface area contributed by atoms with Crippen LogP contribution in [-0.4, -0.2) is 76.4 Å². The fourth-order valence-electron chi connectivity index (χ4n) is 3.19. The van der Waals surface area contributed by atoms with Gasteiger partial charge < -0.3 is 24.6 Å². The molecule has 0 spiro atoms. The number of anilines is 1. The molecule has 30 heavy (non-hydrogen) atoms. The normalized spacial score (nSPS) is 15.2. The van der Waals surface area contributed by atoms with Crippen molar-refractivity contribution in [2.24, 2.45) is 0 Å². The highest BCUT2D eigenvalue weighted by Crippen LogP contribution is 2.26. The number of carbonyl (C=O) groups excluding carboxylic acids is 2. The van der Waals surface area contributed by atoms with Crippen molar-refractivity contribution in [2.45, 2.75) is 32.8 Å². The van der Waals surface area contributed by atoms with Gasteiger partial charge in [-0.05, 0) is 32.9 Å². The van der Waals surface area contributed by atoms with Gasteiger partial charge in [-0.25, -0.2) is 4.79 Å². The molecule has 0 aliphatic carbocycles. The highest BCUT2D eigenvalue weighted by Gasteiger charge is 2.26. The molecule has 3 rings (SSSR count). The minimum Gasteiger partial charge on any atom is -0.481 e. The molecule has 2 heterocycles. The molecule has 1 aromatic carbocycles. The predicted octanol–water partition coefficient (Wildman–Crippen LogP) is 1.95. The van der Waals surface area contributed by atoms with E-state index in [0.717, 1.165) is 0 Å². The molecule has 0 atom stereocenters. The van der Waals surface area contributed by atoms with Gasteiger partial charge >= 0.3 is 12.1 Å². The number of benzene rings is 1. The third-order valence-electron chi connectivity index (χ3n) is 4.56. The van der Waals surface area contributed by atoms with E-state index in [9.17, 15) is 14.4 Å². The lowest BCUT2D eigenvalue weighted by molar-refractivity contribution is -0.136. The average Bonchev–Trinajstić information content (AvgIpc) is 3.04. The number of nitrogens with one attached hydrogen (secondary N) is 1. The number of ether oxygens (including phenoxy) is 1. The van der Waals surface area contributed by atoms with Gasteiger partial charge in [0.25, 0.3) is 0 Å². The quantitative estimate of drug-likeness (QED) is 0.755. The number of para-hydroxylation sites is 1. The number of carboxylic acids is 1. The Morgan fingerprint density at radius 1 is 1.20 bits per heavy atom. The zero-order chi connectivity index (χ0) is 21.9. The Hall–Kier alpha value is -3.14. The lowest BCUT2D eigenvalue weighted by atomic mass is 10.1. The summed E-state index contributed by atoms with van der Waals surface area (Å²) in [5.41, 5.74) is 0.554. The van der Waals surface area contributed by atoms with Crippen molar-refractivity contribution in [1.82, 2.24) is 15.0 Å². The van der Waals surface area contributed by atoms with Gasteiger partial charge in [-0.2, -0.15) is 0 Å². The minimum absolute atomic E-state index is 0.161. The maximum Gasteiger partial charge on any atom is 0.410 e. The highest BCUT2D eigenvalue weighted by atomic mass is 16.6. The van der Waals surface area contributed by atoms with E-state index in [4.69, 9.17) is 14.4 Å². The lowest BCUT2D eigenvalue weighted by Gasteiger charge is -2.35. The van der Waals surface area contributed by atoms with Gasteiger partial charge in [0.15, 0.2) is 5.58 Å². The van der Waals surface area contributed by atoms with Gasteiger partial charge in [-0.15, -0.1) is 0 Å². The maximum atomic E-state index is 12.5. The molecule has 1 saturated heterocycles. The van der Waals surface area contributed by atoms with Crippen molar-refractivity contribution in [3.63, 3.8) is 0 Å². The Morgan fingerprint density at radius 2 is 1.90 bits per heavy atom. The molecule has 2 aromatic rings. The van der Waals surface area contributed by atoms with Crippen molar-refractivity contribution in [1.29, 1.82) is 0 Å². The number of fused-ring (bicyclic) bond motifs is 1. The van der Waals surface area contributed by atoms with E-state index in [1.165, 1.54) is 0 Å². The summed E-state index contributed by atoms with van der Waals surface area (Å²) < 4.78 is 10.6. The molecular formula is C20H26N4O6. The van der Waals surface area contributed by atoms with Crippen molar-refractivity contribution >= 4 is 34.6 Å². The minimum atomic E-state index is -1.01. The van der Waals surface area contributed by atoms with E-state index in [2.05, 4.69) is 10.5 Å². The van der Waals surface area contributed by atoms with E-state index >= 15 is 0 Å². The summed E-state index contributed by atoms with van der Waals surface area (Å²) in [6.07, 6.45) is -0.604. The lowest BCUT2D eigenvalue weighted by Crippen LogP contribution is -2.51. The first-order valence-electron chi connectivity index (χ1n) is 9.71. The van der Waals surface area contributed by atoms with E-state index in [0.29, 0.717) is 48.5 Å². The smallest absolute Gasteiger partial charge is 0.410 e. The van der Waals surface area contributed by atoms with Gasteiger partial charge in [0.1, 0.15) is 11.3 Å². The highest BCUT2D eigenvalue weighted by molar-refractivity contribution is 6.01. The number of nitrogens with zero attached hydrogens (tertiary/aromatic N) is 3. The molecule has 0 bridgehead atoms. The Labute approximate surface area is 173 Å². The van der Waals surface area contributed by atoms with Crippen LogP contribution in [0.15, 0.2) is 22.7 Å². The number of carbonyl (C=O) groups is 3. The van der Waals surface area contributed by atoms with E-state index in [1.54, 1.807) is 23.1 Å². The third kappa shape index (κ3) is 5.47. The summed E-state index contributed by atoms with van der Waals surface area (Å²) in [7, 11) is 0. The van der Waals surface area contributed by atoms with E-state index < -0.39 is 11.6 Å². The molecule has 0 saturated carbocycles. The largest absolute Gasteiger partial charge is 0.481 e. The molecular weight excluding hydrogens is 392 g/mol. The monoisotopic (exact) mass is 418 g/mol. The number of amides is 2. The fourth-order valence-corrected chi connectivity index (χ4v) is 3.19. The second kappa shape index (κ2) is 8.70. The van der Waals surface area contributed by atoms with Gasteiger partial charge in [0, 0.05) is 31.6 Å².